The van der Waals surface area contributed by atoms with Crippen LogP contribution in [0.2, 0.25) is 0 Å². The number of benzene rings is 8. The lowest BCUT2D eigenvalue weighted by molar-refractivity contribution is 0.474. The molecular weight excluding hydrogens is 649 g/mol. The summed E-state index contributed by atoms with van der Waals surface area (Å²) >= 11 is 0. The first-order chi connectivity index (χ1) is 26.1. The Morgan fingerprint density at radius 2 is 0.528 bits per heavy atom. The van der Waals surface area contributed by atoms with Crippen molar-refractivity contribution in [2.45, 2.75) is 10.8 Å². The fourth-order valence-corrected chi connectivity index (χ4v) is 9.15. The number of aromatic hydroxyl groups is 2. The summed E-state index contributed by atoms with van der Waals surface area (Å²) in [6.07, 6.45) is 0. The van der Waals surface area contributed by atoms with Gasteiger partial charge in [-0.3, -0.25) is 0 Å². The lowest BCUT2D eigenvalue weighted by Gasteiger charge is -2.34. The van der Waals surface area contributed by atoms with Gasteiger partial charge in [0.2, 0.25) is 0 Å². The molecule has 0 amide bonds. The maximum absolute atomic E-state index is 10.2. The van der Waals surface area contributed by atoms with Crippen molar-refractivity contribution in [2.75, 3.05) is 0 Å². The molecule has 0 fully saturated rings. The number of fused-ring (bicyclic) bond motifs is 6. The summed E-state index contributed by atoms with van der Waals surface area (Å²) in [5.74, 6) is 1.97. The molecule has 2 aliphatic carbocycles. The van der Waals surface area contributed by atoms with Crippen molar-refractivity contribution >= 4 is 0 Å². The van der Waals surface area contributed by atoms with Gasteiger partial charge in [0, 0.05) is 0 Å². The highest BCUT2D eigenvalue weighted by Crippen LogP contribution is 2.58. The Hall–Kier alpha value is -6.84. The standard InChI is InChI=1S/C50H34O3/c51-37-25-17-33(18-26-37)49(45-13-5-1-9-41(45)42-10-2-6-14-46(42)49)35-21-29-39(30-22-35)53-40-31-23-36(24-32-40)50(34-19-27-38(52)28-20-34)47-15-7-3-11-43(47)44-12-4-8-16-48(44)50/h1-32,51-52H. The van der Waals surface area contributed by atoms with Crippen LogP contribution in [0.15, 0.2) is 194 Å². The monoisotopic (exact) mass is 682 g/mol. The van der Waals surface area contributed by atoms with Crippen molar-refractivity contribution in [2.24, 2.45) is 0 Å². The molecule has 2 N–H and O–H groups in total. The number of rotatable bonds is 6. The van der Waals surface area contributed by atoms with E-state index >= 15 is 0 Å². The minimum Gasteiger partial charge on any atom is -0.508 e. The molecule has 3 nitrogen and oxygen atoms in total. The second kappa shape index (κ2) is 11.9. The molecule has 0 aromatic heterocycles. The van der Waals surface area contributed by atoms with E-state index in [0.29, 0.717) is 0 Å². The number of phenols is 2. The van der Waals surface area contributed by atoms with Crippen molar-refractivity contribution in [1.29, 1.82) is 0 Å². The van der Waals surface area contributed by atoms with Gasteiger partial charge in [-0.2, -0.15) is 0 Å². The average molecular weight is 683 g/mol. The average Bonchev–Trinajstić information content (AvgIpc) is 3.68. The van der Waals surface area contributed by atoms with Gasteiger partial charge >= 0.3 is 0 Å². The third-order valence-corrected chi connectivity index (χ3v) is 11.3. The van der Waals surface area contributed by atoms with Gasteiger partial charge in [-0.15, -0.1) is 0 Å². The Balaban J connectivity index is 1.04. The molecule has 3 heteroatoms. The molecule has 0 aliphatic heterocycles. The van der Waals surface area contributed by atoms with Crippen molar-refractivity contribution in [3.8, 4) is 45.3 Å². The lowest BCUT2D eigenvalue weighted by atomic mass is 9.67. The highest BCUT2D eigenvalue weighted by Gasteiger charge is 2.47. The maximum Gasteiger partial charge on any atom is 0.127 e. The quantitative estimate of drug-likeness (QED) is 0.184. The van der Waals surface area contributed by atoms with E-state index in [1.54, 1.807) is 24.3 Å². The molecule has 0 heterocycles. The Morgan fingerprint density at radius 3 is 0.811 bits per heavy atom. The minimum atomic E-state index is -0.558. The van der Waals surface area contributed by atoms with E-state index in [0.717, 1.165) is 33.8 Å². The van der Waals surface area contributed by atoms with Crippen molar-refractivity contribution in [3.63, 3.8) is 0 Å². The first-order valence-electron chi connectivity index (χ1n) is 18.0. The fraction of sp³-hybridized carbons (Fsp3) is 0.0400. The van der Waals surface area contributed by atoms with Crippen LogP contribution in [-0.2, 0) is 10.8 Å². The molecule has 0 unspecified atom stereocenters. The molecule has 0 radical (unpaired) electrons. The van der Waals surface area contributed by atoms with Gasteiger partial charge < -0.3 is 14.9 Å². The van der Waals surface area contributed by atoms with Crippen molar-refractivity contribution in [3.05, 3.63) is 239 Å². The molecular formula is C50H34O3. The zero-order chi connectivity index (χ0) is 35.6. The molecule has 2 aliphatic rings. The highest BCUT2D eigenvalue weighted by molar-refractivity contribution is 5.87. The van der Waals surface area contributed by atoms with Gasteiger partial charge in [-0.25, -0.2) is 0 Å². The van der Waals surface area contributed by atoms with Gasteiger partial charge in [0.25, 0.3) is 0 Å². The van der Waals surface area contributed by atoms with E-state index in [9.17, 15) is 10.2 Å². The molecule has 8 aromatic carbocycles. The van der Waals surface area contributed by atoms with Crippen molar-refractivity contribution < 1.29 is 14.9 Å². The van der Waals surface area contributed by atoms with Crippen LogP contribution in [-0.4, -0.2) is 10.2 Å². The van der Waals surface area contributed by atoms with Crippen LogP contribution >= 0.6 is 0 Å². The molecule has 0 bridgehead atoms. The Bertz CT molecular complexity index is 2360. The predicted molar refractivity (Wildman–Crippen MR) is 211 cm³/mol. The normalized spacial score (nSPS) is 14.1. The summed E-state index contributed by atoms with van der Waals surface area (Å²) in [6, 6.07) is 66.6. The number of hydrogen-bond acceptors (Lipinski definition) is 3. The number of hydrogen-bond donors (Lipinski definition) is 2. The molecule has 0 saturated heterocycles. The lowest BCUT2D eigenvalue weighted by Crippen LogP contribution is -2.28. The van der Waals surface area contributed by atoms with E-state index in [2.05, 4.69) is 146 Å². The van der Waals surface area contributed by atoms with Gasteiger partial charge in [0.15, 0.2) is 0 Å². The summed E-state index contributed by atoms with van der Waals surface area (Å²) in [6.45, 7) is 0. The zero-order valence-corrected chi connectivity index (χ0v) is 28.8. The third kappa shape index (κ3) is 4.47. The van der Waals surface area contributed by atoms with E-state index < -0.39 is 10.8 Å². The molecule has 8 aromatic rings. The van der Waals surface area contributed by atoms with Gasteiger partial charge in [-0.1, -0.05) is 146 Å². The summed E-state index contributed by atoms with van der Waals surface area (Å²) in [4.78, 5) is 0. The Labute approximate surface area is 308 Å². The van der Waals surface area contributed by atoms with Crippen molar-refractivity contribution in [1.82, 2.24) is 0 Å². The molecule has 0 saturated carbocycles. The minimum absolute atomic E-state index is 0.244. The Morgan fingerprint density at radius 1 is 0.283 bits per heavy atom. The number of phenolic OH excluding ortho intramolecular Hbond substituents is 2. The fourth-order valence-electron chi connectivity index (χ4n) is 9.15. The zero-order valence-electron chi connectivity index (χ0n) is 28.8. The third-order valence-electron chi connectivity index (χ3n) is 11.3. The SMILES string of the molecule is Oc1ccc(C2(c3ccc(Oc4ccc(C5(c6ccc(O)cc6)c6ccccc6-c6ccccc65)cc4)cc3)c3ccccc3-c3ccccc32)cc1. The van der Waals surface area contributed by atoms with Crippen LogP contribution in [0.1, 0.15) is 44.5 Å². The molecule has 10 rings (SSSR count). The molecule has 53 heavy (non-hydrogen) atoms. The second-order valence-electron chi connectivity index (χ2n) is 13.9. The van der Waals surface area contributed by atoms with Gasteiger partial charge in [-0.05, 0) is 115 Å². The van der Waals surface area contributed by atoms with E-state index in [1.165, 1.54) is 44.5 Å². The molecule has 0 spiro atoms. The molecule has 0 atom stereocenters. The summed E-state index contributed by atoms with van der Waals surface area (Å²) in [5, 5.41) is 20.5. The summed E-state index contributed by atoms with van der Waals surface area (Å²) < 4.78 is 6.53. The maximum atomic E-state index is 10.2. The van der Waals surface area contributed by atoms with Gasteiger partial charge in [0.05, 0.1) is 10.8 Å². The van der Waals surface area contributed by atoms with Crippen LogP contribution in [0.5, 0.6) is 23.0 Å². The van der Waals surface area contributed by atoms with Crippen LogP contribution in [0.25, 0.3) is 22.3 Å². The van der Waals surface area contributed by atoms with Crippen LogP contribution in [0, 0.1) is 0 Å². The predicted octanol–water partition coefficient (Wildman–Crippen LogP) is 11.6. The van der Waals surface area contributed by atoms with E-state index in [4.69, 9.17) is 4.74 Å². The van der Waals surface area contributed by atoms with Crippen LogP contribution in [0.3, 0.4) is 0 Å². The van der Waals surface area contributed by atoms with Gasteiger partial charge in [0.1, 0.15) is 23.0 Å². The second-order valence-corrected chi connectivity index (χ2v) is 13.9. The Kier molecular flexibility index (Phi) is 6.93. The summed E-state index contributed by atoms with van der Waals surface area (Å²) in [7, 11) is 0. The largest absolute Gasteiger partial charge is 0.508 e. The topological polar surface area (TPSA) is 49.7 Å². The van der Waals surface area contributed by atoms with E-state index in [-0.39, 0.29) is 11.5 Å². The smallest absolute Gasteiger partial charge is 0.127 e. The highest BCUT2D eigenvalue weighted by atomic mass is 16.5. The van der Waals surface area contributed by atoms with Crippen LogP contribution in [0.4, 0.5) is 0 Å². The first kappa shape index (κ1) is 30.9. The first-order valence-corrected chi connectivity index (χ1v) is 18.0. The van der Waals surface area contributed by atoms with E-state index in [1.807, 2.05) is 24.3 Å². The number of ether oxygens (including phenoxy) is 1. The molecule has 252 valence electrons. The summed E-state index contributed by atoms with van der Waals surface area (Å²) in [5.41, 5.74) is 13.0. The van der Waals surface area contributed by atoms with Crippen LogP contribution < -0.4 is 4.74 Å².